The summed E-state index contributed by atoms with van der Waals surface area (Å²) < 4.78 is 9.44. The molecule has 1 aliphatic heterocycles. The Labute approximate surface area is 108 Å². The highest BCUT2D eigenvalue weighted by Crippen LogP contribution is 2.28. The zero-order chi connectivity index (χ0) is 13.6. The van der Waals surface area contributed by atoms with Crippen molar-refractivity contribution >= 4 is 6.03 Å². The maximum atomic E-state index is 12.4. The molecule has 0 radical (unpaired) electrons. The quantitative estimate of drug-likeness (QED) is 0.650. The molecule has 2 rings (SSSR count). The van der Waals surface area contributed by atoms with E-state index < -0.39 is 0 Å². The third-order valence-electron chi connectivity index (χ3n) is 2.96. The highest BCUT2D eigenvalue weighted by Gasteiger charge is 2.41. The van der Waals surface area contributed by atoms with Crippen molar-refractivity contribution in [1.82, 2.24) is 9.47 Å². The van der Waals surface area contributed by atoms with Gasteiger partial charge in [0.1, 0.15) is 12.4 Å². The van der Waals surface area contributed by atoms with Gasteiger partial charge in [0.05, 0.1) is 31.3 Å². The van der Waals surface area contributed by atoms with Gasteiger partial charge in [0, 0.05) is 0 Å². The molecule has 0 aliphatic carbocycles. The molecule has 1 aromatic rings. The molecular weight excluding hydrogens is 230 g/mol. The van der Waals surface area contributed by atoms with Gasteiger partial charge in [0.15, 0.2) is 0 Å². The van der Waals surface area contributed by atoms with E-state index in [0.717, 1.165) is 0 Å². The summed E-state index contributed by atoms with van der Waals surface area (Å²) in [5.41, 5.74) is -0.625. The summed E-state index contributed by atoms with van der Waals surface area (Å²) in [6.45, 7) is 9.29. The average molecular weight is 252 g/mol. The molecule has 18 heavy (non-hydrogen) atoms. The van der Waals surface area contributed by atoms with Crippen LogP contribution in [0.25, 0.3) is 0 Å². The lowest BCUT2D eigenvalue weighted by Gasteiger charge is -2.46. The average Bonchev–Trinajstić information content (AvgIpc) is 2.58. The number of hydrogen-bond donors (Lipinski definition) is 0. The first-order chi connectivity index (χ1) is 8.19. The van der Waals surface area contributed by atoms with E-state index >= 15 is 0 Å². The smallest absolute Gasteiger partial charge is 0.366 e. The van der Waals surface area contributed by atoms with Gasteiger partial charge < -0.3 is 4.74 Å². The zero-order valence-electron chi connectivity index (χ0n) is 11.8. The van der Waals surface area contributed by atoms with Crippen LogP contribution in [0.3, 0.4) is 0 Å². The van der Waals surface area contributed by atoms with Crippen molar-refractivity contribution in [2.24, 2.45) is 7.05 Å². The number of hydrogen-bond acceptors (Lipinski definition) is 2. The van der Waals surface area contributed by atoms with Crippen LogP contribution in [0.5, 0.6) is 0 Å². The molecule has 0 unspecified atom stereocenters. The molecule has 1 aliphatic rings. The van der Waals surface area contributed by atoms with E-state index in [2.05, 4.69) is 0 Å². The maximum Gasteiger partial charge on any atom is 0.415 e. The van der Waals surface area contributed by atoms with E-state index in [0.29, 0.717) is 13.1 Å². The SMILES string of the molecule is C[n+]1ccn(C(=O)N2CC(C)(C)OC(C)(C)C2)c1. The number of imidazole rings is 1. The standard InChI is InChI=1S/C13H22N3O2/c1-12(2)8-16(9-13(3,4)18-12)11(17)15-7-6-14(5)10-15/h6-7,10H,8-9H2,1-5H3/q+1. The van der Waals surface area contributed by atoms with Crippen molar-refractivity contribution < 1.29 is 14.1 Å². The van der Waals surface area contributed by atoms with Crippen LogP contribution < -0.4 is 4.57 Å². The summed E-state index contributed by atoms with van der Waals surface area (Å²) in [6.07, 6.45) is 5.41. The second-order valence-corrected chi connectivity index (χ2v) is 6.25. The Morgan fingerprint density at radius 3 is 2.22 bits per heavy atom. The van der Waals surface area contributed by atoms with Gasteiger partial charge in [0.25, 0.3) is 6.33 Å². The molecule has 5 heteroatoms. The number of carbonyl (C=O) groups is 1. The molecule has 100 valence electrons. The molecule has 1 aromatic heterocycles. The largest absolute Gasteiger partial charge is 0.415 e. The van der Waals surface area contributed by atoms with Gasteiger partial charge in [-0.15, -0.1) is 0 Å². The number of aryl methyl sites for hydroxylation is 1. The number of morpholine rings is 1. The first-order valence-electron chi connectivity index (χ1n) is 6.21. The van der Waals surface area contributed by atoms with Gasteiger partial charge in [-0.1, -0.05) is 0 Å². The van der Waals surface area contributed by atoms with E-state index in [9.17, 15) is 4.79 Å². The van der Waals surface area contributed by atoms with Gasteiger partial charge in [-0.25, -0.2) is 9.36 Å². The van der Waals surface area contributed by atoms with E-state index in [1.807, 2.05) is 50.4 Å². The molecule has 0 bridgehead atoms. The molecular formula is C13H22N3O2+. The molecule has 0 saturated carbocycles. The molecule has 5 nitrogen and oxygen atoms in total. The summed E-state index contributed by atoms with van der Waals surface area (Å²) in [5.74, 6) is 0. The van der Waals surface area contributed by atoms with E-state index in [-0.39, 0.29) is 17.2 Å². The monoisotopic (exact) mass is 252 g/mol. The summed E-state index contributed by atoms with van der Waals surface area (Å²) >= 11 is 0. The molecule has 2 heterocycles. The number of aromatic nitrogens is 2. The molecule has 1 fully saturated rings. The lowest BCUT2D eigenvalue weighted by atomic mass is 9.99. The minimum Gasteiger partial charge on any atom is -0.366 e. The Morgan fingerprint density at radius 2 is 1.78 bits per heavy atom. The summed E-state index contributed by atoms with van der Waals surface area (Å²) in [5, 5.41) is 0. The Balaban J connectivity index is 2.20. The van der Waals surface area contributed by atoms with E-state index in [4.69, 9.17) is 4.74 Å². The number of nitrogens with zero attached hydrogens (tertiary/aromatic N) is 3. The molecule has 0 spiro atoms. The fourth-order valence-electron chi connectivity index (χ4n) is 2.65. The topological polar surface area (TPSA) is 38.3 Å². The summed E-state index contributed by atoms with van der Waals surface area (Å²) in [6, 6.07) is 0.0000463. The minimum absolute atomic E-state index is 0.0000463. The van der Waals surface area contributed by atoms with Crippen LogP contribution in [0.4, 0.5) is 4.79 Å². The van der Waals surface area contributed by atoms with Gasteiger partial charge >= 0.3 is 6.03 Å². The lowest BCUT2D eigenvalue weighted by molar-refractivity contribution is -0.670. The van der Waals surface area contributed by atoms with Crippen LogP contribution in [-0.2, 0) is 11.8 Å². The molecule has 1 saturated heterocycles. The molecule has 0 aromatic carbocycles. The van der Waals surface area contributed by atoms with Crippen molar-refractivity contribution in [2.45, 2.75) is 38.9 Å². The fraction of sp³-hybridized carbons (Fsp3) is 0.692. The normalized spacial score (nSPS) is 21.9. The van der Waals surface area contributed by atoms with Crippen molar-refractivity contribution in [3.8, 4) is 0 Å². The zero-order valence-corrected chi connectivity index (χ0v) is 11.8. The second-order valence-electron chi connectivity index (χ2n) is 6.25. The number of rotatable bonds is 0. The predicted octanol–water partition coefficient (Wildman–Crippen LogP) is 1.17. The van der Waals surface area contributed by atoms with Gasteiger partial charge in [0.2, 0.25) is 0 Å². The van der Waals surface area contributed by atoms with Crippen LogP contribution in [0, 0.1) is 0 Å². The summed E-state index contributed by atoms with van der Waals surface area (Å²) in [7, 11) is 1.90. The Kier molecular flexibility index (Phi) is 2.97. The molecule has 0 atom stereocenters. The number of amides is 1. The van der Waals surface area contributed by atoms with Crippen molar-refractivity contribution in [1.29, 1.82) is 0 Å². The molecule has 1 amide bonds. The Bertz CT molecular complexity index is 447. The van der Waals surface area contributed by atoms with Gasteiger partial charge in [-0.05, 0) is 27.7 Å². The third-order valence-corrected chi connectivity index (χ3v) is 2.96. The Hall–Kier alpha value is -1.36. The predicted molar refractivity (Wildman–Crippen MR) is 67.2 cm³/mol. The van der Waals surface area contributed by atoms with Crippen molar-refractivity contribution in [2.75, 3.05) is 13.1 Å². The lowest BCUT2D eigenvalue weighted by Crippen LogP contribution is -2.59. The molecule has 0 N–H and O–H groups in total. The Morgan fingerprint density at radius 1 is 1.22 bits per heavy atom. The van der Waals surface area contributed by atoms with Crippen LogP contribution >= 0.6 is 0 Å². The van der Waals surface area contributed by atoms with Gasteiger partial charge in [-0.2, -0.15) is 4.57 Å². The van der Waals surface area contributed by atoms with Gasteiger partial charge in [-0.3, -0.25) is 4.90 Å². The highest BCUT2D eigenvalue weighted by molar-refractivity contribution is 5.76. The van der Waals surface area contributed by atoms with Crippen molar-refractivity contribution in [3.05, 3.63) is 18.7 Å². The van der Waals surface area contributed by atoms with Crippen LogP contribution in [0.1, 0.15) is 27.7 Å². The number of ether oxygens (including phenoxy) is 1. The maximum absolute atomic E-state index is 12.4. The van der Waals surface area contributed by atoms with E-state index in [1.165, 1.54) is 0 Å². The van der Waals surface area contributed by atoms with Crippen LogP contribution in [0.15, 0.2) is 18.7 Å². The third kappa shape index (κ3) is 2.72. The summed E-state index contributed by atoms with van der Waals surface area (Å²) in [4.78, 5) is 14.3. The first kappa shape index (κ1) is 13.1. The second kappa shape index (κ2) is 4.09. The van der Waals surface area contributed by atoms with Crippen molar-refractivity contribution in [3.63, 3.8) is 0 Å². The minimum atomic E-state index is -0.313. The number of carbonyl (C=O) groups excluding carboxylic acids is 1. The highest BCUT2D eigenvalue weighted by atomic mass is 16.5. The van der Waals surface area contributed by atoms with E-state index in [1.54, 1.807) is 17.1 Å². The fourth-order valence-corrected chi connectivity index (χ4v) is 2.65. The van der Waals surface area contributed by atoms with Crippen LogP contribution in [-0.4, -0.2) is 39.8 Å². The van der Waals surface area contributed by atoms with Crippen LogP contribution in [0.2, 0.25) is 0 Å². The first-order valence-corrected chi connectivity index (χ1v) is 6.21.